The van der Waals surface area contributed by atoms with Crippen molar-refractivity contribution in [1.82, 2.24) is 14.1 Å². The number of nitrogens with zero attached hydrogens (tertiary/aromatic N) is 3. The van der Waals surface area contributed by atoms with E-state index in [1.54, 1.807) is 25.9 Å². The molecular weight excluding hydrogens is 290 g/mol. The predicted molar refractivity (Wildman–Crippen MR) is 88.2 cm³/mol. The monoisotopic (exact) mass is 317 g/mol. The minimum absolute atomic E-state index is 0.852. The van der Waals surface area contributed by atoms with E-state index < -0.39 is 11.3 Å². The third-order valence-electron chi connectivity index (χ3n) is 1.21. The second kappa shape index (κ2) is 15.2. The number of rotatable bonds is 2. The number of thiocarbonyl (C=S) groups is 1. The van der Waals surface area contributed by atoms with Crippen molar-refractivity contribution in [3.8, 4) is 0 Å². The van der Waals surface area contributed by atoms with Gasteiger partial charge in [0.15, 0.2) is 5.11 Å². The van der Waals surface area contributed by atoms with Crippen LogP contribution in [0.2, 0.25) is 0 Å². The Kier molecular flexibility index (Phi) is 19.6. The summed E-state index contributed by atoms with van der Waals surface area (Å²) in [7, 11) is 12.5. The van der Waals surface area contributed by atoms with Crippen molar-refractivity contribution in [2.75, 3.05) is 61.9 Å². The highest BCUT2D eigenvalue weighted by molar-refractivity contribution is 7.97. The van der Waals surface area contributed by atoms with E-state index in [0.29, 0.717) is 0 Å². The summed E-state index contributed by atoms with van der Waals surface area (Å²) >= 11 is 5.46. The van der Waals surface area contributed by atoms with Crippen molar-refractivity contribution in [1.29, 1.82) is 0 Å². The lowest BCUT2D eigenvalue weighted by Crippen LogP contribution is -2.32. The second-order valence-electron chi connectivity index (χ2n) is 3.68. The van der Waals surface area contributed by atoms with E-state index in [-0.39, 0.29) is 0 Å². The zero-order valence-electron chi connectivity index (χ0n) is 12.9. The van der Waals surface area contributed by atoms with Crippen LogP contribution in [-0.2, 0) is 15.4 Å². The molecule has 5 nitrogen and oxygen atoms in total. The van der Waals surface area contributed by atoms with Gasteiger partial charge in [-0.1, -0.05) is 0 Å². The molecule has 0 fully saturated rings. The van der Waals surface area contributed by atoms with Gasteiger partial charge in [0.25, 0.3) is 0 Å². The quantitative estimate of drug-likeness (QED) is 0.711. The number of thioether (sulfide) groups is 1. The largest absolute Gasteiger partial charge is 0.355 e. The normalized spacial score (nSPS) is 10.6. The van der Waals surface area contributed by atoms with Gasteiger partial charge in [0.2, 0.25) is 11.3 Å². The smallest absolute Gasteiger partial charge is 0.236 e. The molecule has 0 radical (unpaired) electrons. The standard InChI is InChI=1S/C5H12N2S.C3H9NO2S.C2H6S/c1-6(2)5(8)7(3)4;1-4(2)7(5)6-3;1-3-2/h1-4H3;1-3H3;1-2H3. The first-order valence-electron chi connectivity index (χ1n) is 5.08. The highest BCUT2D eigenvalue weighted by Gasteiger charge is 1.97. The molecule has 0 aliphatic carbocycles. The third kappa shape index (κ3) is 18.5. The van der Waals surface area contributed by atoms with E-state index in [1.807, 2.05) is 50.5 Å². The summed E-state index contributed by atoms with van der Waals surface area (Å²) in [4.78, 5) is 3.80. The molecular formula is C10H27N3O2S3. The van der Waals surface area contributed by atoms with Crippen LogP contribution in [0.3, 0.4) is 0 Å². The molecule has 0 rings (SSSR count). The fourth-order valence-electron chi connectivity index (χ4n) is 0.549. The lowest BCUT2D eigenvalue weighted by Gasteiger charge is -2.20. The fourth-order valence-corrected chi connectivity index (χ4v) is 0.847. The molecule has 0 heterocycles. The lowest BCUT2D eigenvalue weighted by atomic mass is 10.8. The molecule has 0 aliphatic rings. The van der Waals surface area contributed by atoms with Gasteiger partial charge in [-0.15, -0.1) is 0 Å². The molecule has 0 aromatic heterocycles. The van der Waals surface area contributed by atoms with Gasteiger partial charge in [0.1, 0.15) is 0 Å². The van der Waals surface area contributed by atoms with Crippen LogP contribution in [-0.4, -0.2) is 85.3 Å². The van der Waals surface area contributed by atoms with Crippen LogP contribution in [0.1, 0.15) is 0 Å². The summed E-state index contributed by atoms with van der Waals surface area (Å²) in [6.07, 6.45) is 4.08. The van der Waals surface area contributed by atoms with Gasteiger partial charge in [0.05, 0.1) is 7.11 Å². The SMILES string of the molecule is CN(C)C(=S)N(C)C.COS(=O)N(C)C.CSC. The minimum atomic E-state index is -1.25. The average molecular weight is 318 g/mol. The molecule has 18 heavy (non-hydrogen) atoms. The molecule has 0 aromatic carbocycles. The van der Waals surface area contributed by atoms with Gasteiger partial charge in [-0.2, -0.15) is 11.8 Å². The van der Waals surface area contributed by atoms with Gasteiger partial charge in [-0.05, 0) is 24.7 Å². The van der Waals surface area contributed by atoms with Crippen LogP contribution >= 0.6 is 24.0 Å². The van der Waals surface area contributed by atoms with Crippen LogP contribution in [0.25, 0.3) is 0 Å². The Morgan fingerprint density at radius 1 is 1.06 bits per heavy atom. The highest BCUT2D eigenvalue weighted by Crippen LogP contribution is 1.84. The van der Waals surface area contributed by atoms with Crippen LogP contribution in [0.15, 0.2) is 0 Å². The van der Waals surface area contributed by atoms with Gasteiger partial charge < -0.3 is 9.80 Å². The summed E-state index contributed by atoms with van der Waals surface area (Å²) < 4.78 is 16.2. The van der Waals surface area contributed by atoms with Crippen LogP contribution in [0.5, 0.6) is 0 Å². The van der Waals surface area contributed by atoms with Crippen LogP contribution < -0.4 is 0 Å². The summed E-state index contributed by atoms with van der Waals surface area (Å²) in [5, 5.41) is 0.852. The molecule has 0 spiro atoms. The summed E-state index contributed by atoms with van der Waals surface area (Å²) in [5.41, 5.74) is 0. The second-order valence-corrected chi connectivity index (χ2v) is 6.36. The number of hydrogen-bond acceptors (Lipinski definition) is 4. The number of hydrogen-bond donors (Lipinski definition) is 0. The maximum absolute atomic E-state index is 10.3. The summed E-state index contributed by atoms with van der Waals surface area (Å²) in [6, 6.07) is 0. The van der Waals surface area contributed by atoms with Crippen molar-refractivity contribution in [2.45, 2.75) is 0 Å². The van der Waals surface area contributed by atoms with Crippen molar-refractivity contribution in [2.24, 2.45) is 0 Å². The van der Waals surface area contributed by atoms with E-state index in [0.717, 1.165) is 5.11 Å². The molecule has 0 saturated carbocycles. The van der Waals surface area contributed by atoms with Gasteiger partial charge in [-0.3, -0.25) is 4.18 Å². The van der Waals surface area contributed by atoms with E-state index in [9.17, 15) is 4.21 Å². The predicted octanol–water partition coefficient (Wildman–Crippen LogP) is 1.15. The Morgan fingerprint density at radius 2 is 1.33 bits per heavy atom. The molecule has 112 valence electrons. The van der Waals surface area contributed by atoms with Crippen LogP contribution in [0, 0.1) is 0 Å². The van der Waals surface area contributed by atoms with Gasteiger partial charge in [0, 0.05) is 42.3 Å². The molecule has 1 unspecified atom stereocenters. The van der Waals surface area contributed by atoms with Crippen molar-refractivity contribution < 1.29 is 8.39 Å². The summed E-state index contributed by atoms with van der Waals surface area (Å²) in [5.74, 6) is 0. The zero-order valence-corrected chi connectivity index (χ0v) is 15.3. The Balaban J connectivity index is -0.000000207. The third-order valence-corrected chi connectivity index (χ3v) is 2.82. The molecule has 0 aliphatic heterocycles. The molecule has 0 saturated heterocycles. The fraction of sp³-hybridized carbons (Fsp3) is 0.900. The topological polar surface area (TPSA) is 36.0 Å². The van der Waals surface area contributed by atoms with E-state index in [2.05, 4.69) is 4.18 Å². The maximum Gasteiger partial charge on any atom is 0.236 e. The first-order valence-corrected chi connectivity index (χ1v) is 8.15. The summed E-state index contributed by atoms with van der Waals surface area (Å²) in [6.45, 7) is 0. The molecule has 0 bridgehead atoms. The van der Waals surface area contributed by atoms with Gasteiger partial charge in [-0.25, -0.2) is 8.51 Å². The zero-order chi connectivity index (χ0) is 15.3. The van der Waals surface area contributed by atoms with E-state index in [1.165, 1.54) is 11.4 Å². The van der Waals surface area contributed by atoms with E-state index in [4.69, 9.17) is 12.2 Å². The molecule has 0 amide bonds. The van der Waals surface area contributed by atoms with Gasteiger partial charge >= 0.3 is 0 Å². The van der Waals surface area contributed by atoms with Crippen LogP contribution in [0.4, 0.5) is 0 Å². The first-order chi connectivity index (χ1) is 8.15. The van der Waals surface area contributed by atoms with Crippen molar-refractivity contribution >= 4 is 40.4 Å². The Morgan fingerprint density at radius 3 is 1.33 bits per heavy atom. The lowest BCUT2D eigenvalue weighted by molar-refractivity contribution is 0.404. The molecule has 8 heteroatoms. The first kappa shape index (κ1) is 23.2. The molecule has 0 N–H and O–H groups in total. The van der Waals surface area contributed by atoms with E-state index >= 15 is 0 Å². The van der Waals surface area contributed by atoms with Crippen molar-refractivity contribution in [3.63, 3.8) is 0 Å². The Bertz CT molecular complexity index is 214. The van der Waals surface area contributed by atoms with Crippen molar-refractivity contribution in [3.05, 3.63) is 0 Å². The Labute approximate surface area is 125 Å². The molecule has 1 atom stereocenters. The molecule has 0 aromatic rings. The maximum atomic E-state index is 10.3. The Hall–Kier alpha value is 0.110. The highest BCUT2D eigenvalue weighted by atomic mass is 32.2. The minimum Gasteiger partial charge on any atom is -0.355 e. The average Bonchev–Trinajstić information content (AvgIpc) is 2.28.